The number of halogens is 2. The van der Waals surface area contributed by atoms with Crippen molar-refractivity contribution >= 4 is 45.5 Å². The summed E-state index contributed by atoms with van der Waals surface area (Å²) in [6.07, 6.45) is 0. The predicted molar refractivity (Wildman–Crippen MR) is 104 cm³/mol. The van der Waals surface area contributed by atoms with E-state index in [1.54, 1.807) is 30.0 Å². The normalized spacial score (nSPS) is 16.5. The molecule has 0 amide bonds. The Morgan fingerprint density at radius 2 is 1.96 bits per heavy atom. The summed E-state index contributed by atoms with van der Waals surface area (Å²) in [6.45, 7) is 2.43. The van der Waals surface area contributed by atoms with E-state index in [4.69, 9.17) is 38.7 Å². The van der Waals surface area contributed by atoms with E-state index in [9.17, 15) is 5.21 Å². The van der Waals surface area contributed by atoms with Crippen molar-refractivity contribution in [3.8, 4) is 5.75 Å². The van der Waals surface area contributed by atoms with E-state index >= 15 is 0 Å². The van der Waals surface area contributed by atoms with Crippen LogP contribution < -0.4 is 15.3 Å². The number of nitrogen functional groups attached to an aromatic ring is 1. The Morgan fingerprint density at radius 3 is 2.62 bits per heavy atom. The van der Waals surface area contributed by atoms with Gasteiger partial charge in [-0.3, -0.25) is 4.99 Å². The first-order valence-electron chi connectivity index (χ1n) is 8.04. The summed E-state index contributed by atoms with van der Waals surface area (Å²) < 4.78 is 6.95. The van der Waals surface area contributed by atoms with Crippen LogP contribution in [0.2, 0.25) is 10.0 Å². The number of hydrogen-bond acceptors (Lipinski definition) is 4. The van der Waals surface area contributed by atoms with Gasteiger partial charge in [-0.15, -0.1) is 4.68 Å². The third-order valence-electron chi connectivity index (χ3n) is 4.60. The zero-order chi connectivity index (χ0) is 18.6. The number of benzene rings is 2. The maximum Gasteiger partial charge on any atom is 0.255 e. The molecule has 0 fully saturated rings. The zero-order valence-electron chi connectivity index (χ0n) is 14.2. The van der Waals surface area contributed by atoms with Crippen molar-refractivity contribution in [1.82, 2.24) is 4.68 Å². The zero-order valence-corrected chi connectivity index (χ0v) is 15.7. The number of rotatable bonds is 2. The largest absolute Gasteiger partial charge is 0.595 e. The van der Waals surface area contributed by atoms with E-state index in [1.807, 2.05) is 19.1 Å². The molecule has 26 heavy (non-hydrogen) atoms. The minimum Gasteiger partial charge on any atom is -0.595 e. The standard InChI is InChI=1S/C18H16Cl2N4O2/c1-9-8-22-17(10-5-13(19)16(21)14(20)6-10)18-12-4-3-11(26-2)7-15(12)24(25)23(9)18/h3-7,9H,8,21H2,1-2H3. The van der Waals surface area contributed by atoms with Crippen LogP contribution in [0.5, 0.6) is 5.75 Å². The smallest absolute Gasteiger partial charge is 0.255 e. The van der Waals surface area contributed by atoms with Gasteiger partial charge in [-0.1, -0.05) is 28.0 Å². The summed E-state index contributed by atoms with van der Waals surface area (Å²) in [4.78, 5) is 5.59. The lowest BCUT2D eigenvalue weighted by atomic mass is 10.0. The number of aromatic nitrogens is 2. The monoisotopic (exact) mass is 390 g/mol. The molecule has 1 aliphatic rings. The highest BCUT2D eigenvalue weighted by Gasteiger charge is 2.32. The highest BCUT2D eigenvalue weighted by molar-refractivity contribution is 6.39. The summed E-state index contributed by atoms with van der Waals surface area (Å²) >= 11 is 12.4. The summed E-state index contributed by atoms with van der Waals surface area (Å²) in [5.74, 6) is 0.620. The molecule has 1 aliphatic heterocycles. The molecular formula is C18H16Cl2N4O2. The van der Waals surface area contributed by atoms with Crippen molar-refractivity contribution in [1.29, 1.82) is 0 Å². The molecule has 2 aromatic carbocycles. The Labute approximate surface area is 160 Å². The van der Waals surface area contributed by atoms with Gasteiger partial charge in [0.15, 0.2) is 0 Å². The van der Waals surface area contributed by atoms with Crippen molar-refractivity contribution in [2.24, 2.45) is 4.99 Å². The summed E-state index contributed by atoms with van der Waals surface area (Å²) in [5.41, 5.74) is 8.81. The first-order chi connectivity index (χ1) is 12.4. The molecule has 0 aliphatic carbocycles. The molecule has 3 aromatic rings. The highest BCUT2D eigenvalue weighted by atomic mass is 35.5. The number of hydrogen-bond donors (Lipinski definition) is 1. The fourth-order valence-electron chi connectivity index (χ4n) is 3.29. The van der Waals surface area contributed by atoms with Gasteiger partial charge in [0.1, 0.15) is 17.5 Å². The second-order valence-electron chi connectivity index (χ2n) is 6.24. The molecule has 1 atom stereocenters. The molecule has 0 saturated carbocycles. The van der Waals surface area contributed by atoms with E-state index in [0.717, 1.165) is 21.5 Å². The van der Waals surface area contributed by atoms with Crippen LogP contribution in [0.25, 0.3) is 10.9 Å². The Bertz CT molecular complexity index is 1050. The number of anilines is 1. The number of fused-ring (bicyclic) bond motifs is 3. The molecule has 0 saturated heterocycles. The number of aliphatic imine (C=N–C) groups is 1. The molecule has 0 radical (unpaired) electrons. The Balaban J connectivity index is 2.01. The van der Waals surface area contributed by atoms with Gasteiger partial charge in [0, 0.05) is 5.56 Å². The van der Waals surface area contributed by atoms with Gasteiger partial charge < -0.3 is 15.7 Å². The average Bonchev–Trinajstić information content (AvgIpc) is 2.93. The maximum atomic E-state index is 12.9. The fourth-order valence-corrected chi connectivity index (χ4v) is 3.77. The first kappa shape index (κ1) is 17.0. The molecule has 8 heteroatoms. The van der Waals surface area contributed by atoms with Gasteiger partial charge in [-0.2, -0.15) is 0 Å². The van der Waals surface area contributed by atoms with Crippen molar-refractivity contribution in [2.45, 2.75) is 13.0 Å². The van der Waals surface area contributed by atoms with E-state index in [0.29, 0.717) is 39.3 Å². The van der Waals surface area contributed by atoms with Crippen LogP contribution in [-0.2, 0) is 0 Å². The molecule has 2 N–H and O–H groups in total. The van der Waals surface area contributed by atoms with Gasteiger partial charge in [0.05, 0.1) is 46.6 Å². The van der Waals surface area contributed by atoms with Crippen LogP contribution in [0.4, 0.5) is 5.69 Å². The van der Waals surface area contributed by atoms with E-state index < -0.39 is 0 Å². The molecule has 4 rings (SSSR count). The van der Waals surface area contributed by atoms with E-state index in [-0.39, 0.29) is 6.04 Å². The summed E-state index contributed by atoms with van der Waals surface area (Å²) in [7, 11) is 1.57. The van der Waals surface area contributed by atoms with Crippen LogP contribution in [0.15, 0.2) is 35.3 Å². The Hall–Kier alpha value is -2.44. The SMILES string of the molecule is COc1ccc2c3n([n+]([O-])c2c1)C(C)CN=C3c1cc(Cl)c(N)c(Cl)c1. The van der Waals surface area contributed by atoms with Crippen LogP contribution in [-0.4, -0.2) is 24.0 Å². The maximum absolute atomic E-state index is 12.9. The van der Waals surface area contributed by atoms with Crippen molar-refractivity contribution < 1.29 is 9.58 Å². The second kappa shape index (κ2) is 6.07. The van der Waals surface area contributed by atoms with Crippen molar-refractivity contribution in [2.75, 3.05) is 19.4 Å². The van der Waals surface area contributed by atoms with Crippen molar-refractivity contribution in [3.05, 3.63) is 56.8 Å². The fraction of sp³-hybridized carbons (Fsp3) is 0.222. The van der Waals surface area contributed by atoms with Crippen LogP contribution >= 0.6 is 23.2 Å². The molecule has 2 heterocycles. The topological polar surface area (TPSA) is 79.5 Å². The van der Waals surface area contributed by atoms with Crippen LogP contribution in [0.3, 0.4) is 0 Å². The van der Waals surface area contributed by atoms with Gasteiger partial charge in [-0.25, -0.2) is 0 Å². The third kappa shape index (κ3) is 2.40. The number of nitrogens with two attached hydrogens (primary N) is 1. The lowest BCUT2D eigenvalue weighted by Crippen LogP contribution is -2.43. The summed E-state index contributed by atoms with van der Waals surface area (Å²) in [6, 6.07) is 8.77. The van der Waals surface area contributed by atoms with E-state index in [2.05, 4.69) is 0 Å². The third-order valence-corrected chi connectivity index (χ3v) is 5.22. The number of ether oxygens (including phenoxy) is 1. The second-order valence-corrected chi connectivity index (χ2v) is 7.06. The number of nitrogens with zero attached hydrogens (tertiary/aromatic N) is 3. The first-order valence-corrected chi connectivity index (χ1v) is 8.79. The quantitative estimate of drug-likeness (QED) is 0.412. The minimum atomic E-state index is -0.0793. The molecule has 0 spiro atoms. The van der Waals surface area contributed by atoms with Crippen LogP contribution in [0.1, 0.15) is 24.2 Å². The lowest BCUT2D eigenvalue weighted by molar-refractivity contribution is -0.673. The minimum absolute atomic E-state index is 0.0793. The van der Waals surface area contributed by atoms with E-state index in [1.165, 1.54) is 0 Å². The molecule has 6 nitrogen and oxygen atoms in total. The molecule has 134 valence electrons. The van der Waals surface area contributed by atoms with Crippen LogP contribution in [0, 0.1) is 5.21 Å². The number of methoxy groups -OCH3 is 1. The van der Waals surface area contributed by atoms with Crippen molar-refractivity contribution in [3.63, 3.8) is 0 Å². The summed E-state index contributed by atoms with van der Waals surface area (Å²) in [5, 5.41) is 14.4. The molecule has 1 aromatic heterocycles. The van der Waals surface area contributed by atoms with Gasteiger partial charge >= 0.3 is 0 Å². The van der Waals surface area contributed by atoms with Gasteiger partial charge in [-0.05, 0) is 31.2 Å². The average molecular weight is 391 g/mol. The van der Waals surface area contributed by atoms with Gasteiger partial charge in [0.25, 0.3) is 5.52 Å². The Morgan fingerprint density at radius 1 is 1.27 bits per heavy atom. The molecule has 0 bridgehead atoms. The van der Waals surface area contributed by atoms with Gasteiger partial charge in [0.2, 0.25) is 0 Å². The molecule has 1 unspecified atom stereocenters. The Kier molecular flexibility index (Phi) is 3.97. The predicted octanol–water partition coefficient (Wildman–Crippen LogP) is 3.58. The molecular weight excluding hydrogens is 375 g/mol. The lowest BCUT2D eigenvalue weighted by Gasteiger charge is -2.20. The highest BCUT2D eigenvalue weighted by Crippen LogP contribution is 2.33.